The molecule has 0 aliphatic heterocycles. The Labute approximate surface area is 89.7 Å². The highest BCUT2D eigenvalue weighted by atomic mass is 16.1. The van der Waals surface area contributed by atoms with Crippen molar-refractivity contribution in [2.45, 2.75) is 32.6 Å². The van der Waals surface area contributed by atoms with Crippen molar-refractivity contribution in [2.75, 3.05) is 5.73 Å². The predicted molar refractivity (Wildman–Crippen MR) is 59.3 cm³/mol. The molecule has 0 saturated heterocycles. The first-order chi connectivity index (χ1) is 7.09. The summed E-state index contributed by atoms with van der Waals surface area (Å²) in [6.07, 6.45) is 4.93. The van der Waals surface area contributed by atoms with Gasteiger partial charge in [-0.3, -0.25) is 4.79 Å². The van der Waals surface area contributed by atoms with E-state index in [1.54, 1.807) is 6.20 Å². The fourth-order valence-electron chi connectivity index (χ4n) is 2.30. The molecule has 1 heterocycles. The summed E-state index contributed by atoms with van der Waals surface area (Å²) in [5, 5.41) is 0. The SMILES string of the molecule is CC1(Cc2cccnc2N)CCC(=O)C1. The number of hydrogen-bond acceptors (Lipinski definition) is 3. The smallest absolute Gasteiger partial charge is 0.133 e. The number of carbonyl (C=O) groups is 1. The molecule has 3 nitrogen and oxygen atoms in total. The largest absolute Gasteiger partial charge is 0.383 e. The zero-order chi connectivity index (χ0) is 10.9. The molecule has 1 unspecified atom stereocenters. The van der Waals surface area contributed by atoms with E-state index in [4.69, 9.17) is 5.73 Å². The molecule has 1 aromatic heterocycles. The van der Waals surface area contributed by atoms with E-state index in [0.29, 0.717) is 18.0 Å². The molecule has 2 rings (SSSR count). The minimum absolute atomic E-state index is 0.0915. The van der Waals surface area contributed by atoms with Gasteiger partial charge in [-0.1, -0.05) is 13.0 Å². The van der Waals surface area contributed by atoms with Crippen LogP contribution in [0.5, 0.6) is 0 Å². The summed E-state index contributed by atoms with van der Waals surface area (Å²) in [6.45, 7) is 2.16. The van der Waals surface area contributed by atoms with Crippen LogP contribution in [0.2, 0.25) is 0 Å². The molecule has 0 spiro atoms. The topological polar surface area (TPSA) is 56.0 Å². The van der Waals surface area contributed by atoms with Gasteiger partial charge in [0.15, 0.2) is 0 Å². The molecule has 1 aromatic rings. The number of pyridine rings is 1. The van der Waals surface area contributed by atoms with Gasteiger partial charge in [0, 0.05) is 19.0 Å². The van der Waals surface area contributed by atoms with Crippen LogP contribution in [0.4, 0.5) is 5.82 Å². The van der Waals surface area contributed by atoms with Crippen LogP contribution >= 0.6 is 0 Å². The molecule has 1 atom stereocenters. The fraction of sp³-hybridized carbons (Fsp3) is 0.500. The number of Topliss-reactive ketones (excluding diaryl/α,β-unsaturated/α-hetero) is 1. The highest BCUT2D eigenvalue weighted by Gasteiger charge is 2.34. The van der Waals surface area contributed by atoms with Crippen LogP contribution in [0.25, 0.3) is 0 Å². The van der Waals surface area contributed by atoms with Gasteiger partial charge in [0.25, 0.3) is 0 Å². The van der Waals surface area contributed by atoms with Gasteiger partial charge < -0.3 is 5.73 Å². The minimum Gasteiger partial charge on any atom is -0.383 e. The first-order valence-corrected chi connectivity index (χ1v) is 5.30. The van der Waals surface area contributed by atoms with Crippen molar-refractivity contribution in [1.29, 1.82) is 0 Å². The molecule has 0 aromatic carbocycles. The third-order valence-corrected chi connectivity index (χ3v) is 3.17. The molecular weight excluding hydrogens is 188 g/mol. The van der Waals surface area contributed by atoms with E-state index < -0.39 is 0 Å². The number of aromatic nitrogens is 1. The highest BCUT2D eigenvalue weighted by Crippen LogP contribution is 2.39. The van der Waals surface area contributed by atoms with Gasteiger partial charge in [0.1, 0.15) is 11.6 Å². The average Bonchev–Trinajstić information content (AvgIpc) is 2.51. The molecule has 3 heteroatoms. The molecule has 1 aliphatic rings. The standard InChI is InChI=1S/C12H16N2O/c1-12(5-4-10(15)8-12)7-9-3-2-6-14-11(9)13/h2-3,6H,4-5,7-8H2,1H3,(H2,13,14). The van der Waals surface area contributed by atoms with Crippen molar-refractivity contribution in [3.8, 4) is 0 Å². The number of rotatable bonds is 2. The maximum absolute atomic E-state index is 11.3. The lowest BCUT2D eigenvalue weighted by atomic mass is 9.82. The molecule has 0 bridgehead atoms. The summed E-state index contributed by atoms with van der Waals surface area (Å²) in [6, 6.07) is 3.89. The van der Waals surface area contributed by atoms with Crippen LogP contribution in [0.15, 0.2) is 18.3 Å². The fourth-order valence-corrected chi connectivity index (χ4v) is 2.30. The van der Waals surface area contributed by atoms with Crippen molar-refractivity contribution in [3.63, 3.8) is 0 Å². The molecule has 1 aliphatic carbocycles. The zero-order valence-corrected chi connectivity index (χ0v) is 8.99. The molecular formula is C12H16N2O. The summed E-state index contributed by atoms with van der Waals surface area (Å²) < 4.78 is 0. The first kappa shape index (κ1) is 10.1. The Morgan fingerprint density at radius 1 is 1.60 bits per heavy atom. The van der Waals surface area contributed by atoms with Crippen LogP contribution in [0, 0.1) is 5.41 Å². The van der Waals surface area contributed by atoms with Gasteiger partial charge in [-0.05, 0) is 29.9 Å². The first-order valence-electron chi connectivity index (χ1n) is 5.30. The molecule has 2 N–H and O–H groups in total. The van der Waals surface area contributed by atoms with Crippen molar-refractivity contribution < 1.29 is 4.79 Å². The second-order valence-electron chi connectivity index (χ2n) is 4.75. The Balaban J connectivity index is 2.15. The maximum atomic E-state index is 11.3. The van der Waals surface area contributed by atoms with E-state index in [9.17, 15) is 4.79 Å². The zero-order valence-electron chi connectivity index (χ0n) is 8.99. The Bertz CT molecular complexity index is 389. The van der Waals surface area contributed by atoms with Crippen molar-refractivity contribution in [3.05, 3.63) is 23.9 Å². The Kier molecular flexibility index (Phi) is 2.47. The number of nitrogen functional groups attached to an aromatic ring is 1. The van der Waals surface area contributed by atoms with Gasteiger partial charge in [-0.15, -0.1) is 0 Å². The van der Waals surface area contributed by atoms with E-state index in [2.05, 4.69) is 11.9 Å². The second-order valence-corrected chi connectivity index (χ2v) is 4.75. The molecule has 0 amide bonds. The third kappa shape index (κ3) is 2.17. The summed E-state index contributed by atoms with van der Waals surface area (Å²) in [7, 11) is 0. The van der Waals surface area contributed by atoms with Gasteiger partial charge in [0.05, 0.1) is 0 Å². The monoisotopic (exact) mass is 204 g/mol. The molecule has 1 fully saturated rings. The second kappa shape index (κ2) is 3.65. The number of nitrogens with zero attached hydrogens (tertiary/aromatic N) is 1. The van der Waals surface area contributed by atoms with Gasteiger partial charge in [-0.2, -0.15) is 0 Å². The van der Waals surface area contributed by atoms with Crippen molar-refractivity contribution in [1.82, 2.24) is 4.98 Å². The van der Waals surface area contributed by atoms with Crippen LogP contribution in [0.1, 0.15) is 31.7 Å². The highest BCUT2D eigenvalue weighted by molar-refractivity contribution is 5.81. The Morgan fingerprint density at radius 2 is 2.40 bits per heavy atom. The van der Waals surface area contributed by atoms with Crippen LogP contribution in [-0.4, -0.2) is 10.8 Å². The molecule has 15 heavy (non-hydrogen) atoms. The van der Waals surface area contributed by atoms with E-state index in [-0.39, 0.29) is 5.41 Å². The number of ketones is 1. The van der Waals surface area contributed by atoms with Gasteiger partial charge >= 0.3 is 0 Å². The number of carbonyl (C=O) groups excluding carboxylic acids is 1. The van der Waals surface area contributed by atoms with E-state index in [1.807, 2.05) is 12.1 Å². The van der Waals surface area contributed by atoms with E-state index in [1.165, 1.54) is 0 Å². The molecule has 80 valence electrons. The summed E-state index contributed by atoms with van der Waals surface area (Å²) in [5.41, 5.74) is 6.95. The van der Waals surface area contributed by atoms with E-state index >= 15 is 0 Å². The number of nitrogens with two attached hydrogens (primary N) is 1. The Morgan fingerprint density at radius 3 is 3.00 bits per heavy atom. The van der Waals surface area contributed by atoms with Gasteiger partial charge in [0.2, 0.25) is 0 Å². The van der Waals surface area contributed by atoms with E-state index in [0.717, 1.165) is 24.8 Å². The Hall–Kier alpha value is -1.38. The predicted octanol–water partition coefficient (Wildman–Crippen LogP) is 1.97. The summed E-state index contributed by atoms with van der Waals surface area (Å²) in [4.78, 5) is 15.4. The number of anilines is 1. The lowest BCUT2D eigenvalue weighted by Crippen LogP contribution is -2.17. The molecule has 0 radical (unpaired) electrons. The van der Waals surface area contributed by atoms with Crippen molar-refractivity contribution in [2.24, 2.45) is 5.41 Å². The third-order valence-electron chi connectivity index (χ3n) is 3.17. The van der Waals surface area contributed by atoms with Crippen LogP contribution in [-0.2, 0) is 11.2 Å². The summed E-state index contributed by atoms with van der Waals surface area (Å²) in [5.74, 6) is 0.970. The lowest BCUT2D eigenvalue weighted by molar-refractivity contribution is -0.117. The van der Waals surface area contributed by atoms with Crippen molar-refractivity contribution >= 4 is 11.6 Å². The maximum Gasteiger partial charge on any atom is 0.133 e. The normalized spacial score (nSPS) is 25.8. The van der Waals surface area contributed by atoms with Crippen LogP contribution in [0.3, 0.4) is 0 Å². The van der Waals surface area contributed by atoms with Crippen LogP contribution < -0.4 is 5.73 Å². The summed E-state index contributed by atoms with van der Waals surface area (Å²) >= 11 is 0. The quantitative estimate of drug-likeness (QED) is 0.801. The van der Waals surface area contributed by atoms with Gasteiger partial charge in [-0.25, -0.2) is 4.98 Å². The lowest BCUT2D eigenvalue weighted by Gasteiger charge is -2.22. The molecule has 1 saturated carbocycles. The average molecular weight is 204 g/mol. The number of hydrogen-bond donors (Lipinski definition) is 1. The minimum atomic E-state index is 0.0915.